The third-order valence-electron chi connectivity index (χ3n) is 15.6. The van der Waals surface area contributed by atoms with Gasteiger partial charge in [0.2, 0.25) is 0 Å². The molecule has 0 unspecified atom stereocenters. The van der Waals surface area contributed by atoms with Crippen LogP contribution in [-0.4, -0.2) is 78.7 Å². The molecule has 0 radical (unpaired) electrons. The maximum absolute atomic E-state index is 5.96. The third kappa shape index (κ3) is 22.8. The van der Waals surface area contributed by atoms with Crippen molar-refractivity contribution in [2.45, 2.75) is 234 Å². The molecule has 0 bridgehead atoms. The molecule has 0 N–H and O–H groups in total. The van der Waals surface area contributed by atoms with Gasteiger partial charge in [-0.15, -0.1) is 0 Å². The zero-order valence-electron chi connectivity index (χ0n) is 62.5. The lowest BCUT2D eigenvalue weighted by molar-refractivity contribution is 0.00578. The normalized spacial score (nSPS) is 15.7. The summed E-state index contributed by atoms with van der Waals surface area (Å²) < 4.78 is 42.9. The monoisotopic (exact) mass is 1410 g/mol. The minimum atomic E-state index is -0.476. The molecule has 3 aromatic heterocycles. The Morgan fingerprint density at radius 3 is 0.556 bits per heavy atom. The lowest BCUT2D eigenvalue weighted by Gasteiger charge is -2.32. The van der Waals surface area contributed by atoms with Crippen molar-refractivity contribution < 1.29 is 27.9 Å². The number of alkyl halides is 2. The molecule has 14 heteroatoms. The summed E-state index contributed by atoms with van der Waals surface area (Å²) in [5, 5.41) is 8.03. The van der Waals surface area contributed by atoms with Gasteiger partial charge in [0.25, 0.3) is 0 Å². The molecule has 0 amide bonds. The van der Waals surface area contributed by atoms with Crippen LogP contribution < -0.4 is 0 Å². The van der Waals surface area contributed by atoms with Gasteiger partial charge in [-0.2, -0.15) is 0 Å². The second kappa shape index (κ2) is 43.0. The van der Waals surface area contributed by atoms with Gasteiger partial charge in [0.15, 0.2) is 0 Å². The van der Waals surface area contributed by atoms with Crippen molar-refractivity contribution in [3.63, 3.8) is 0 Å². The molecule has 3 fully saturated rings. The fourth-order valence-electron chi connectivity index (χ4n) is 9.49. The van der Waals surface area contributed by atoms with Crippen molar-refractivity contribution >= 4 is 125 Å². The van der Waals surface area contributed by atoms with Crippen LogP contribution in [0.15, 0.2) is 146 Å². The summed E-state index contributed by atoms with van der Waals surface area (Å²) in [6.45, 7) is 56.7. The van der Waals surface area contributed by atoms with Gasteiger partial charge in [0.05, 0.1) is 33.6 Å². The first-order valence-corrected chi connectivity index (χ1v) is 36.6. The van der Waals surface area contributed by atoms with Crippen LogP contribution in [0.25, 0.3) is 65.4 Å². The summed E-state index contributed by atoms with van der Waals surface area (Å²) in [6, 6.07) is 51.1. The molecule has 3 aliphatic rings. The molecule has 12 rings (SSSR count). The van der Waals surface area contributed by atoms with Crippen molar-refractivity contribution in [2.75, 3.05) is 10.3 Å². The number of para-hydroxylation sites is 6. The predicted molar refractivity (Wildman–Crippen MR) is 419 cm³/mol. The van der Waals surface area contributed by atoms with Gasteiger partial charge >= 0.3 is 21.1 Å². The number of hydrogen-bond donors (Lipinski definition) is 0. The smallest absolute Gasteiger partial charge is 0.405 e. The number of hydrogen-bond acceptors (Lipinski definition) is 6. The highest BCUT2D eigenvalue weighted by Crippen LogP contribution is 2.43. The Hall–Kier alpha value is -4.12. The van der Waals surface area contributed by atoms with Gasteiger partial charge in [-0.3, -0.25) is 0 Å². The van der Waals surface area contributed by atoms with Crippen LogP contribution in [0.5, 0.6) is 0 Å². The number of halogens is 2. The largest absolute Gasteiger partial charge is 0.488 e. The highest BCUT2D eigenvalue weighted by Gasteiger charge is 2.63. The number of rotatable bonds is 1. The molecule has 6 heterocycles. The lowest BCUT2D eigenvalue weighted by atomic mass is 9.49. The summed E-state index contributed by atoms with van der Waals surface area (Å²) in [5.41, 5.74) is 6.04. The highest BCUT2D eigenvalue weighted by molar-refractivity contribution is 14.1. The Balaban J connectivity index is 0. The Morgan fingerprint density at radius 1 is 0.311 bits per heavy atom. The number of aryl methyl sites for hydroxylation is 3. The third-order valence-corrected chi connectivity index (χ3v) is 15.6. The summed E-state index contributed by atoms with van der Waals surface area (Å²) in [4.78, 5) is 0. The average molecular weight is 1420 g/mol. The van der Waals surface area contributed by atoms with Gasteiger partial charge in [-0.1, -0.05) is 258 Å². The van der Waals surface area contributed by atoms with Crippen molar-refractivity contribution in [3.8, 4) is 0 Å². The van der Waals surface area contributed by atoms with Gasteiger partial charge in [0.1, 0.15) is 0 Å². The number of aromatic nitrogens is 3. The van der Waals surface area contributed by atoms with Crippen LogP contribution in [-0.2, 0) is 49.1 Å². The Kier molecular flexibility index (Phi) is 42.0. The quantitative estimate of drug-likeness (QED) is 0.0927. The number of fused-ring (bicyclic) bond motifs is 9. The SMILES string of the molecule is CB1OC(C)(C)C(C)(C)O1.CBr.CC.CC.CC.CC.CC.CC.CC1(C)OB(B2OC(C)(C)C(C)(C)O2)OC1(C)C.CCC.CCI.Cn1c2ccccc2c2ccccc21.Cn1c2ccccc2c2ccccc21.Cn1c2ccccc2c2ccccc21. The second-order valence-corrected chi connectivity index (χ2v) is 24.4. The standard InChI is InChI=1S/3C13H11N.C12H24B2O4.C7H15BO2.C3H8.C2H5I.6C2H6.CH3Br/c3*1-14-12-8-4-2-6-10(12)11-7-3-5-9-13(11)14;1-9(2)10(3,4)16-13(15-9)14-17-11(5,6)12(7,8)18-14;1-6(2)7(3,4)10-8(5)9-6;1-3-2;1-2-3;7*1-2/h3*2-9H,1H3;1-8H3;1-5H3;3H2,1-2H3;2H2,1H3;6*1-2H3;1H3. The first kappa shape index (κ1) is 87.9. The summed E-state index contributed by atoms with van der Waals surface area (Å²) in [5.74, 6) is 1.81. The van der Waals surface area contributed by atoms with E-state index in [0.29, 0.717) is 0 Å². The van der Waals surface area contributed by atoms with Crippen molar-refractivity contribution in [2.24, 2.45) is 21.1 Å². The molecule has 9 nitrogen and oxygen atoms in total. The maximum atomic E-state index is 5.96. The van der Waals surface area contributed by atoms with Crippen LogP contribution in [0.2, 0.25) is 6.82 Å². The Bertz CT molecular complexity index is 2840. The van der Waals surface area contributed by atoms with Crippen LogP contribution in [0.1, 0.15) is 193 Å². The second-order valence-electron chi connectivity index (χ2n) is 22.8. The molecule has 3 aliphatic heterocycles. The van der Waals surface area contributed by atoms with E-state index in [4.69, 9.17) is 27.9 Å². The summed E-state index contributed by atoms with van der Waals surface area (Å²) in [6.07, 6.45) is 1.25. The summed E-state index contributed by atoms with van der Waals surface area (Å²) in [7, 11) is 5.33. The Morgan fingerprint density at radius 2 is 0.433 bits per heavy atom. The van der Waals surface area contributed by atoms with Crippen molar-refractivity contribution in [1.82, 2.24) is 13.7 Å². The molecule has 0 atom stereocenters. The zero-order chi connectivity index (χ0) is 70.0. The fourth-order valence-corrected chi connectivity index (χ4v) is 9.49. The summed E-state index contributed by atoms with van der Waals surface area (Å²) >= 11 is 5.23. The molecular formula is C76H124B3BrIN3O6. The van der Waals surface area contributed by atoms with E-state index in [1.54, 1.807) is 0 Å². The predicted octanol–water partition coefficient (Wildman–Crippen LogP) is 24.0. The molecule has 0 spiro atoms. The number of benzene rings is 6. The van der Waals surface area contributed by atoms with E-state index in [2.05, 4.69) is 267 Å². The van der Waals surface area contributed by atoms with Crippen LogP contribution in [0.4, 0.5) is 0 Å². The van der Waals surface area contributed by atoms with E-state index in [0.717, 1.165) is 0 Å². The van der Waals surface area contributed by atoms with E-state index >= 15 is 0 Å². The Labute approximate surface area is 573 Å². The first-order valence-electron chi connectivity index (χ1n) is 33.5. The van der Waals surface area contributed by atoms with Gasteiger partial charge in [-0.05, 0) is 137 Å². The molecule has 3 saturated heterocycles. The zero-order valence-corrected chi connectivity index (χ0v) is 66.3. The van der Waals surface area contributed by atoms with E-state index in [1.807, 2.05) is 151 Å². The minimum absolute atomic E-state index is 0.0648. The molecule has 6 aromatic carbocycles. The van der Waals surface area contributed by atoms with E-state index in [-0.39, 0.29) is 40.7 Å². The van der Waals surface area contributed by atoms with E-state index in [1.165, 1.54) is 76.3 Å². The van der Waals surface area contributed by atoms with Gasteiger partial charge in [-0.25, -0.2) is 0 Å². The molecule has 9 aromatic rings. The lowest BCUT2D eigenvalue weighted by Crippen LogP contribution is -2.41. The molecule has 0 aliphatic carbocycles. The topological polar surface area (TPSA) is 70.2 Å². The molecular weight excluding hydrogens is 1290 g/mol. The van der Waals surface area contributed by atoms with Crippen LogP contribution in [0.3, 0.4) is 0 Å². The van der Waals surface area contributed by atoms with Crippen LogP contribution >= 0.6 is 38.5 Å². The molecule has 90 heavy (non-hydrogen) atoms. The van der Waals surface area contributed by atoms with Crippen molar-refractivity contribution in [3.05, 3.63) is 146 Å². The molecule has 502 valence electrons. The first-order chi connectivity index (χ1) is 42.7. The minimum Gasteiger partial charge on any atom is -0.405 e. The highest BCUT2D eigenvalue weighted by atomic mass is 127. The average Bonchev–Trinajstić information content (AvgIpc) is 1.69. The van der Waals surface area contributed by atoms with E-state index < -0.39 is 14.0 Å². The van der Waals surface area contributed by atoms with E-state index in [9.17, 15) is 0 Å². The van der Waals surface area contributed by atoms with Gasteiger partial charge < -0.3 is 41.6 Å². The van der Waals surface area contributed by atoms with Crippen molar-refractivity contribution in [1.29, 1.82) is 0 Å². The maximum Gasteiger partial charge on any atom is 0.488 e. The number of nitrogens with zero attached hydrogens (tertiary/aromatic N) is 3. The molecule has 0 saturated carbocycles. The van der Waals surface area contributed by atoms with Crippen LogP contribution in [0, 0.1) is 0 Å². The van der Waals surface area contributed by atoms with Gasteiger partial charge in [0, 0.05) is 86.6 Å². The fraction of sp³-hybridized carbons (Fsp3) is 0.526.